The number of rotatable bonds is 5. The highest BCUT2D eigenvalue weighted by molar-refractivity contribution is 4.79. The van der Waals surface area contributed by atoms with Crippen molar-refractivity contribution < 1.29 is 5.11 Å². The predicted molar refractivity (Wildman–Crippen MR) is 51.1 cm³/mol. The molecule has 0 heterocycles. The lowest BCUT2D eigenvalue weighted by atomic mass is 10.1. The van der Waals surface area contributed by atoms with Crippen molar-refractivity contribution in [3.63, 3.8) is 0 Å². The van der Waals surface area contributed by atoms with Crippen LogP contribution < -0.4 is 0 Å². The van der Waals surface area contributed by atoms with Gasteiger partial charge in [-0.1, -0.05) is 6.92 Å². The van der Waals surface area contributed by atoms with Gasteiger partial charge in [0.05, 0.1) is 5.60 Å². The van der Waals surface area contributed by atoms with E-state index in [2.05, 4.69) is 11.8 Å². The first-order valence-corrected chi connectivity index (χ1v) is 4.96. The summed E-state index contributed by atoms with van der Waals surface area (Å²) < 4.78 is 0. The van der Waals surface area contributed by atoms with Gasteiger partial charge in [-0.3, -0.25) is 0 Å². The molecular weight excluding hydrogens is 150 g/mol. The van der Waals surface area contributed by atoms with Gasteiger partial charge in [0.1, 0.15) is 0 Å². The van der Waals surface area contributed by atoms with Crippen molar-refractivity contribution in [3.05, 3.63) is 0 Å². The quantitative estimate of drug-likeness (QED) is 0.677. The zero-order valence-electron chi connectivity index (χ0n) is 8.51. The van der Waals surface area contributed by atoms with Crippen molar-refractivity contribution in [2.75, 3.05) is 19.6 Å². The van der Waals surface area contributed by atoms with Crippen LogP contribution in [0.15, 0.2) is 0 Å². The van der Waals surface area contributed by atoms with Crippen LogP contribution in [0.5, 0.6) is 0 Å². The van der Waals surface area contributed by atoms with Crippen molar-refractivity contribution in [2.45, 2.75) is 39.2 Å². The molecule has 1 rings (SSSR count). The molecule has 0 aromatic rings. The lowest BCUT2D eigenvalue weighted by molar-refractivity contribution is 0.0364. The van der Waals surface area contributed by atoms with E-state index >= 15 is 0 Å². The van der Waals surface area contributed by atoms with Crippen molar-refractivity contribution in [3.8, 4) is 0 Å². The Hall–Kier alpha value is -0.0800. The summed E-state index contributed by atoms with van der Waals surface area (Å²) in [4.78, 5) is 2.34. The van der Waals surface area contributed by atoms with Crippen molar-refractivity contribution in [1.82, 2.24) is 4.90 Å². The van der Waals surface area contributed by atoms with Crippen molar-refractivity contribution in [2.24, 2.45) is 5.92 Å². The Balaban J connectivity index is 2.23. The summed E-state index contributed by atoms with van der Waals surface area (Å²) in [7, 11) is 0. The zero-order chi connectivity index (χ0) is 9.19. The fourth-order valence-corrected chi connectivity index (χ4v) is 1.52. The van der Waals surface area contributed by atoms with Crippen LogP contribution in [0.25, 0.3) is 0 Å². The zero-order valence-corrected chi connectivity index (χ0v) is 8.51. The first kappa shape index (κ1) is 10.0. The van der Waals surface area contributed by atoms with Gasteiger partial charge in [0.25, 0.3) is 0 Å². The minimum Gasteiger partial charge on any atom is -0.389 e. The second kappa shape index (κ2) is 3.75. The number of hydrogen-bond acceptors (Lipinski definition) is 2. The van der Waals surface area contributed by atoms with Gasteiger partial charge in [0.15, 0.2) is 0 Å². The van der Waals surface area contributed by atoms with Gasteiger partial charge >= 0.3 is 0 Å². The largest absolute Gasteiger partial charge is 0.389 e. The number of likely N-dealkylation sites (N-methyl/N-ethyl adjacent to an activating group) is 1. The summed E-state index contributed by atoms with van der Waals surface area (Å²) >= 11 is 0. The molecule has 0 spiro atoms. The Morgan fingerprint density at radius 1 is 1.42 bits per heavy atom. The minimum atomic E-state index is -0.537. The second-order valence-electron chi connectivity index (χ2n) is 4.58. The average molecular weight is 171 g/mol. The third-order valence-corrected chi connectivity index (χ3v) is 2.27. The lowest BCUT2D eigenvalue weighted by Gasteiger charge is -2.27. The fourth-order valence-electron chi connectivity index (χ4n) is 1.52. The Kier molecular flexibility index (Phi) is 3.13. The van der Waals surface area contributed by atoms with E-state index < -0.39 is 5.60 Å². The highest BCUT2D eigenvalue weighted by Gasteiger charge is 2.26. The number of nitrogens with zero attached hydrogens (tertiary/aromatic N) is 1. The van der Waals surface area contributed by atoms with Gasteiger partial charge in [-0.25, -0.2) is 0 Å². The maximum absolute atomic E-state index is 9.61. The van der Waals surface area contributed by atoms with E-state index in [0.29, 0.717) is 0 Å². The topological polar surface area (TPSA) is 23.5 Å². The predicted octanol–water partition coefficient (Wildman–Crippen LogP) is 1.49. The van der Waals surface area contributed by atoms with Gasteiger partial charge in [-0.05, 0) is 39.2 Å². The maximum atomic E-state index is 9.61. The molecule has 0 aliphatic heterocycles. The highest BCUT2D eigenvalue weighted by atomic mass is 16.3. The molecule has 1 aliphatic carbocycles. The molecule has 1 fully saturated rings. The molecule has 1 aliphatic rings. The van der Waals surface area contributed by atoms with Crippen LogP contribution >= 0.6 is 0 Å². The molecule has 2 heteroatoms. The molecule has 0 aromatic heterocycles. The maximum Gasteiger partial charge on any atom is 0.0718 e. The average Bonchev–Trinajstić information content (AvgIpc) is 2.67. The summed E-state index contributed by atoms with van der Waals surface area (Å²) in [6, 6.07) is 0. The van der Waals surface area contributed by atoms with Crippen LogP contribution in [-0.2, 0) is 0 Å². The molecule has 0 saturated heterocycles. The third-order valence-electron chi connectivity index (χ3n) is 2.27. The van der Waals surface area contributed by atoms with Crippen LogP contribution in [0.2, 0.25) is 0 Å². The first-order valence-electron chi connectivity index (χ1n) is 4.96. The molecule has 0 bridgehead atoms. The van der Waals surface area contributed by atoms with E-state index in [1.165, 1.54) is 19.4 Å². The van der Waals surface area contributed by atoms with Crippen LogP contribution in [0.1, 0.15) is 33.6 Å². The van der Waals surface area contributed by atoms with Crippen molar-refractivity contribution >= 4 is 0 Å². The molecule has 0 amide bonds. The normalized spacial score (nSPS) is 18.8. The number of hydrogen-bond donors (Lipinski definition) is 1. The van der Waals surface area contributed by atoms with E-state index in [4.69, 9.17) is 0 Å². The standard InChI is InChI=1S/C10H21NO/c1-4-11(7-9-5-6-9)8-10(2,3)12/h9,12H,4-8H2,1-3H3. The van der Waals surface area contributed by atoms with Gasteiger partial charge < -0.3 is 10.0 Å². The monoisotopic (exact) mass is 171 g/mol. The highest BCUT2D eigenvalue weighted by Crippen LogP contribution is 2.29. The Morgan fingerprint density at radius 2 is 2.00 bits per heavy atom. The number of aliphatic hydroxyl groups is 1. The van der Waals surface area contributed by atoms with Gasteiger partial charge in [0.2, 0.25) is 0 Å². The van der Waals surface area contributed by atoms with E-state index in [1.54, 1.807) is 0 Å². The Labute approximate surface area is 75.6 Å². The van der Waals surface area contributed by atoms with E-state index in [1.807, 2.05) is 13.8 Å². The summed E-state index contributed by atoms with van der Waals surface area (Å²) in [5.74, 6) is 0.923. The second-order valence-corrected chi connectivity index (χ2v) is 4.58. The van der Waals surface area contributed by atoms with Crippen LogP contribution in [0.3, 0.4) is 0 Å². The van der Waals surface area contributed by atoms with Crippen LogP contribution in [0.4, 0.5) is 0 Å². The molecule has 12 heavy (non-hydrogen) atoms. The smallest absolute Gasteiger partial charge is 0.0718 e. The van der Waals surface area contributed by atoms with Crippen LogP contribution in [-0.4, -0.2) is 35.2 Å². The fraction of sp³-hybridized carbons (Fsp3) is 1.00. The molecule has 0 atom stereocenters. The van der Waals surface area contributed by atoms with Gasteiger partial charge in [-0.15, -0.1) is 0 Å². The molecular formula is C10H21NO. The molecule has 0 aromatic carbocycles. The molecule has 2 nitrogen and oxygen atoms in total. The first-order chi connectivity index (χ1) is 5.51. The van der Waals surface area contributed by atoms with Crippen LogP contribution in [0, 0.1) is 5.92 Å². The van der Waals surface area contributed by atoms with E-state index in [-0.39, 0.29) is 0 Å². The van der Waals surface area contributed by atoms with Crippen molar-refractivity contribution in [1.29, 1.82) is 0 Å². The van der Waals surface area contributed by atoms with Gasteiger partial charge in [0, 0.05) is 13.1 Å². The molecule has 1 saturated carbocycles. The molecule has 1 N–H and O–H groups in total. The summed E-state index contributed by atoms with van der Waals surface area (Å²) in [5.41, 5.74) is -0.537. The van der Waals surface area contributed by atoms with E-state index in [9.17, 15) is 5.11 Å². The Bertz CT molecular complexity index is 135. The minimum absolute atomic E-state index is 0.537. The third kappa shape index (κ3) is 4.07. The van der Waals surface area contributed by atoms with E-state index in [0.717, 1.165) is 19.0 Å². The Morgan fingerprint density at radius 3 is 2.33 bits per heavy atom. The summed E-state index contributed by atoms with van der Waals surface area (Å²) in [6.45, 7) is 8.96. The summed E-state index contributed by atoms with van der Waals surface area (Å²) in [6.07, 6.45) is 2.78. The molecule has 0 unspecified atom stereocenters. The lowest BCUT2D eigenvalue weighted by Crippen LogP contribution is -2.39. The molecule has 0 radical (unpaired) electrons. The molecule has 72 valence electrons. The van der Waals surface area contributed by atoms with Gasteiger partial charge in [-0.2, -0.15) is 0 Å². The SMILES string of the molecule is CCN(CC1CC1)CC(C)(C)O. The summed E-state index contributed by atoms with van der Waals surface area (Å²) in [5, 5.41) is 9.61.